The number of alkyl halides is 1. The third-order valence-corrected chi connectivity index (χ3v) is 11.6. The van der Waals surface area contributed by atoms with E-state index < -0.39 is 11.8 Å². The standard InChI is InChI=1S/C35H43FN8O3.ClH/c1-41(2)32(45)29-13-24-18-42(8-4-10-44(24)40-29)31-27-19-47-35(14-21-11-26(21)25-6-5-23(37)12-28(25)35)16-30(27)38-33(39-31)46-20-34-7-3-9-43(34)17-22(36)15-34;/h5-6,12-13,21-22,26H,3-4,7-11,14-20,37H2,1-2H3;1H/t21-,22+,26-,34-,35+;/m0./s1. The fraction of sp³-hybridized carbons (Fsp3) is 0.600. The minimum Gasteiger partial charge on any atom is -0.461 e. The summed E-state index contributed by atoms with van der Waals surface area (Å²) in [5.74, 6) is 1.89. The number of nitrogens with two attached hydrogens (primary N) is 1. The fourth-order valence-corrected chi connectivity index (χ4v) is 9.25. The summed E-state index contributed by atoms with van der Waals surface area (Å²) in [5.41, 5.74) is 12.2. The van der Waals surface area contributed by atoms with Crippen LogP contribution < -0.4 is 15.4 Å². The predicted octanol–water partition coefficient (Wildman–Crippen LogP) is 4.22. The molecule has 1 aromatic carbocycles. The van der Waals surface area contributed by atoms with Gasteiger partial charge in [-0.05, 0) is 79.8 Å². The molecule has 6 heterocycles. The quantitative estimate of drug-likeness (QED) is 0.396. The molecular weight excluding hydrogens is 635 g/mol. The van der Waals surface area contributed by atoms with Crippen LogP contribution in [0.5, 0.6) is 6.01 Å². The minimum atomic E-state index is -0.827. The summed E-state index contributed by atoms with van der Waals surface area (Å²) < 4.78 is 30.0. The van der Waals surface area contributed by atoms with Crippen LogP contribution in [0, 0.1) is 5.92 Å². The van der Waals surface area contributed by atoms with Crippen LogP contribution >= 0.6 is 12.4 Å². The zero-order valence-corrected chi connectivity index (χ0v) is 28.5. The van der Waals surface area contributed by atoms with Gasteiger partial charge in [0.1, 0.15) is 18.6 Å². The summed E-state index contributed by atoms with van der Waals surface area (Å²) in [5, 5.41) is 4.64. The molecule has 48 heavy (non-hydrogen) atoms. The first-order valence-corrected chi connectivity index (χ1v) is 17.2. The molecule has 1 amide bonds. The van der Waals surface area contributed by atoms with Crippen molar-refractivity contribution in [2.45, 2.75) is 87.9 Å². The number of hydrogen-bond donors (Lipinski definition) is 1. The van der Waals surface area contributed by atoms with Crippen molar-refractivity contribution in [2.24, 2.45) is 5.92 Å². The first-order chi connectivity index (χ1) is 22.7. The van der Waals surface area contributed by atoms with E-state index in [1.165, 1.54) is 17.5 Å². The van der Waals surface area contributed by atoms with Crippen LogP contribution in [0.4, 0.5) is 15.9 Å². The van der Waals surface area contributed by atoms with Crippen LogP contribution in [0.3, 0.4) is 0 Å². The molecule has 6 aliphatic rings. The van der Waals surface area contributed by atoms with Gasteiger partial charge >= 0.3 is 6.01 Å². The van der Waals surface area contributed by atoms with E-state index in [9.17, 15) is 9.18 Å². The summed E-state index contributed by atoms with van der Waals surface area (Å²) in [6, 6.07) is 8.55. The maximum atomic E-state index is 14.6. The number of anilines is 2. The van der Waals surface area contributed by atoms with Gasteiger partial charge in [0.25, 0.3) is 5.91 Å². The van der Waals surface area contributed by atoms with Gasteiger partial charge in [0.05, 0.1) is 35.7 Å². The average molecular weight is 679 g/mol. The number of amides is 1. The number of carbonyl (C=O) groups excluding carboxylic acids is 1. The number of nitrogen functional groups attached to an aromatic ring is 1. The lowest BCUT2D eigenvalue weighted by atomic mass is 9.74. The Labute approximate surface area is 286 Å². The highest BCUT2D eigenvalue weighted by atomic mass is 35.5. The van der Waals surface area contributed by atoms with E-state index in [-0.39, 0.29) is 23.9 Å². The maximum Gasteiger partial charge on any atom is 0.318 e. The van der Waals surface area contributed by atoms with Gasteiger partial charge in [-0.3, -0.25) is 14.4 Å². The molecule has 1 spiro atoms. The van der Waals surface area contributed by atoms with E-state index in [0.717, 1.165) is 67.2 Å². The van der Waals surface area contributed by atoms with Gasteiger partial charge in [-0.2, -0.15) is 15.1 Å². The molecule has 256 valence electrons. The molecule has 0 radical (unpaired) electrons. The third-order valence-electron chi connectivity index (χ3n) is 11.6. The number of halogens is 2. The smallest absolute Gasteiger partial charge is 0.318 e. The number of hydrogen-bond acceptors (Lipinski definition) is 9. The number of aryl methyl sites for hydroxylation is 1. The van der Waals surface area contributed by atoms with Crippen LogP contribution in [0.1, 0.15) is 83.0 Å². The van der Waals surface area contributed by atoms with E-state index >= 15 is 0 Å². The summed E-state index contributed by atoms with van der Waals surface area (Å²) in [6.07, 6.45) is 5.24. The monoisotopic (exact) mass is 678 g/mol. The maximum absolute atomic E-state index is 14.6. The van der Waals surface area contributed by atoms with Gasteiger partial charge in [0.2, 0.25) is 0 Å². The second-order valence-electron chi connectivity index (χ2n) is 15.0. The van der Waals surface area contributed by atoms with Crippen LogP contribution in [-0.4, -0.2) is 87.5 Å². The SMILES string of the molecule is CN(C)C(=O)c1cc2n(n1)CCCN(c1nc(OC[C@@]34CCCN3C[C@H](F)C4)nc3c1CO[C@@]1(C3)C[C@@H]3C[C@@H]3c3ccc(N)cc31)C2.Cl. The van der Waals surface area contributed by atoms with E-state index in [0.29, 0.717) is 69.2 Å². The molecule has 4 aliphatic heterocycles. The number of benzene rings is 1. The van der Waals surface area contributed by atoms with Crippen molar-refractivity contribution < 1.29 is 18.7 Å². The lowest BCUT2D eigenvalue weighted by Crippen LogP contribution is -2.44. The zero-order valence-electron chi connectivity index (χ0n) is 27.7. The zero-order chi connectivity index (χ0) is 32.1. The molecule has 0 unspecified atom stereocenters. The van der Waals surface area contributed by atoms with Crippen molar-refractivity contribution in [3.63, 3.8) is 0 Å². The fourth-order valence-electron chi connectivity index (χ4n) is 9.25. The molecule has 2 aliphatic carbocycles. The van der Waals surface area contributed by atoms with E-state index in [1.807, 2.05) is 16.8 Å². The Hall–Kier alpha value is -3.48. The van der Waals surface area contributed by atoms with Crippen molar-refractivity contribution in [1.29, 1.82) is 0 Å². The number of aromatic nitrogens is 4. The van der Waals surface area contributed by atoms with Crippen molar-refractivity contribution in [3.05, 3.63) is 58.0 Å². The predicted molar refractivity (Wildman–Crippen MR) is 180 cm³/mol. The lowest BCUT2D eigenvalue weighted by Gasteiger charge is -2.43. The molecule has 0 bridgehead atoms. The number of carbonyl (C=O) groups is 1. The summed E-state index contributed by atoms with van der Waals surface area (Å²) in [6.45, 7) is 4.17. The Bertz CT molecular complexity index is 1770. The molecule has 5 atom stereocenters. The molecule has 11 nitrogen and oxygen atoms in total. The minimum absolute atomic E-state index is 0. The van der Waals surface area contributed by atoms with Gasteiger partial charge in [-0.1, -0.05) is 6.07 Å². The first kappa shape index (κ1) is 31.8. The Morgan fingerprint density at radius 2 is 2.04 bits per heavy atom. The molecule has 3 fully saturated rings. The molecule has 2 aromatic heterocycles. The summed E-state index contributed by atoms with van der Waals surface area (Å²) in [4.78, 5) is 29.0. The third kappa shape index (κ3) is 5.13. The van der Waals surface area contributed by atoms with Gasteiger partial charge in [0, 0.05) is 57.8 Å². The number of nitrogens with zero attached hydrogens (tertiary/aromatic N) is 7. The highest BCUT2D eigenvalue weighted by Gasteiger charge is 2.55. The molecule has 2 saturated heterocycles. The lowest BCUT2D eigenvalue weighted by molar-refractivity contribution is -0.0875. The highest BCUT2D eigenvalue weighted by molar-refractivity contribution is 5.92. The second kappa shape index (κ2) is 11.6. The van der Waals surface area contributed by atoms with Crippen molar-refractivity contribution in [2.75, 3.05) is 51.0 Å². The summed E-state index contributed by atoms with van der Waals surface area (Å²) >= 11 is 0. The van der Waals surface area contributed by atoms with Crippen LogP contribution in [0.2, 0.25) is 0 Å². The molecule has 3 aromatic rings. The van der Waals surface area contributed by atoms with Crippen LogP contribution in [-0.2, 0) is 36.5 Å². The van der Waals surface area contributed by atoms with Crippen LogP contribution in [0.15, 0.2) is 24.3 Å². The Morgan fingerprint density at radius 1 is 1.17 bits per heavy atom. The Balaban J connectivity index is 0.00000336. The highest BCUT2D eigenvalue weighted by Crippen LogP contribution is 2.62. The molecule has 1 saturated carbocycles. The number of rotatable bonds is 5. The molecule has 13 heteroatoms. The van der Waals surface area contributed by atoms with Crippen LogP contribution in [0.25, 0.3) is 0 Å². The molecule has 9 rings (SSSR count). The normalized spacial score (nSPS) is 30.0. The van der Waals surface area contributed by atoms with Gasteiger partial charge in [-0.15, -0.1) is 12.4 Å². The van der Waals surface area contributed by atoms with Gasteiger partial charge < -0.3 is 25.0 Å². The number of fused-ring (bicyclic) bond motifs is 7. The average Bonchev–Trinajstić information content (AvgIpc) is 3.47. The molecular formula is C35H44ClFN8O3. The van der Waals surface area contributed by atoms with E-state index in [4.69, 9.17) is 25.2 Å². The Morgan fingerprint density at radius 3 is 2.90 bits per heavy atom. The van der Waals surface area contributed by atoms with Crippen molar-refractivity contribution >= 4 is 29.8 Å². The molecule has 2 N–H and O–H groups in total. The summed E-state index contributed by atoms with van der Waals surface area (Å²) in [7, 11) is 3.49. The van der Waals surface area contributed by atoms with E-state index in [1.54, 1.807) is 19.0 Å². The van der Waals surface area contributed by atoms with Gasteiger partial charge in [0.15, 0.2) is 5.69 Å². The second-order valence-corrected chi connectivity index (χ2v) is 15.0. The first-order valence-electron chi connectivity index (χ1n) is 17.2. The topological polar surface area (TPSA) is 115 Å². The van der Waals surface area contributed by atoms with Gasteiger partial charge in [-0.25, -0.2) is 4.39 Å². The number of ether oxygens (including phenoxy) is 2. The largest absolute Gasteiger partial charge is 0.461 e. The van der Waals surface area contributed by atoms with Crippen molar-refractivity contribution in [1.82, 2.24) is 29.5 Å². The van der Waals surface area contributed by atoms with E-state index in [2.05, 4.69) is 27.0 Å². The van der Waals surface area contributed by atoms with Crippen molar-refractivity contribution in [3.8, 4) is 6.01 Å². The Kier molecular flexibility index (Phi) is 7.65.